The molecule has 1 aliphatic rings. The molecule has 0 bridgehead atoms. The van der Waals surface area contributed by atoms with E-state index in [0.717, 1.165) is 17.9 Å². The highest BCUT2D eigenvalue weighted by Crippen LogP contribution is 2.19. The fourth-order valence-corrected chi connectivity index (χ4v) is 3.93. The van der Waals surface area contributed by atoms with Crippen LogP contribution in [0.1, 0.15) is 31.9 Å². The molecule has 2 heterocycles. The van der Waals surface area contributed by atoms with Gasteiger partial charge in [-0.25, -0.2) is 18.4 Å². The first-order chi connectivity index (χ1) is 8.46. The van der Waals surface area contributed by atoms with Gasteiger partial charge in [-0.15, -0.1) is 0 Å². The summed E-state index contributed by atoms with van der Waals surface area (Å²) >= 11 is 0. The summed E-state index contributed by atoms with van der Waals surface area (Å²) in [6.07, 6.45) is 2.29. The molecule has 0 radical (unpaired) electrons. The minimum atomic E-state index is -2.79. The minimum Gasteiger partial charge on any atom is -0.370 e. The predicted molar refractivity (Wildman–Crippen MR) is 71.4 cm³/mol. The van der Waals surface area contributed by atoms with Gasteiger partial charge >= 0.3 is 0 Å². The molecule has 18 heavy (non-hydrogen) atoms. The number of anilines is 1. The first kappa shape index (κ1) is 13.3. The van der Waals surface area contributed by atoms with Crippen LogP contribution in [0.25, 0.3) is 0 Å². The highest BCUT2D eigenvalue weighted by atomic mass is 32.2. The van der Waals surface area contributed by atoms with Crippen LogP contribution in [0.3, 0.4) is 0 Å². The smallest absolute Gasteiger partial charge is 0.150 e. The van der Waals surface area contributed by atoms with Gasteiger partial charge in [0.2, 0.25) is 0 Å². The molecule has 2 rings (SSSR count). The summed E-state index contributed by atoms with van der Waals surface area (Å²) in [5.41, 5.74) is 0.992. The van der Waals surface area contributed by atoms with E-state index in [1.165, 1.54) is 0 Å². The van der Waals surface area contributed by atoms with E-state index in [9.17, 15) is 8.42 Å². The fraction of sp³-hybridized carbons (Fsp3) is 0.667. The lowest BCUT2D eigenvalue weighted by Gasteiger charge is -2.11. The summed E-state index contributed by atoms with van der Waals surface area (Å²) in [7, 11) is -2.79. The van der Waals surface area contributed by atoms with E-state index >= 15 is 0 Å². The SMILES string of the molecule is CC(C)c1cc(NCC2CCS(=O)(=O)C2)ncn1. The van der Waals surface area contributed by atoms with Crippen LogP contribution in [-0.2, 0) is 9.84 Å². The molecule has 0 saturated carbocycles. The van der Waals surface area contributed by atoms with E-state index in [4.69, 9.17) is 0 Å². The standard InChI is InChI=1S/C12H19N3O2S/c1-9(2)11-5-12(15-8-14-11)13-6-10-3-4-18(16,17)7-10/h5,8-10H,3-4,6-7H2,1-2H3,(H,13,14,15). The molecule has 0 spiro atoms. The van der Waals surface area contributed by atoms with Crippen molar-refractivity contribution < 1.29 is 8.42 Å². The number of aromatic nitrogens is 2. The summed E-state index contributed by atoms with van der Waals surface area (Å²) in [6.45, 7) is 4.82. The molecular weight excluding hydrogens is 250 g/mol. The average Bonchev–Trinajstić information content (AvgIpc) is 2.67. The molecule has 1 fully saturated rings. The van der Waals surface area contributed by atoms with Gasteiger partial charge in [0.05, 0.1) is 11.5 Å². The molecule has 0 aliphatic carbocycles. The minimum absolute atomic E-state index is 0.201. The van der Waals surface area contributed by atoms with Crippen molar-refractivity contribution in [3.8, 4) is 0 Å². The predicted octanol–water partition coefficient (Wildman–Crippen LogP) is 1.45. The fourth-order valence-electron chi connectivity index (χ4n) is 2.07. The van der Waals surface area contributed by atoms with E-state index in [2.05, 4.69) is 29.1 Å². The second kappa shape index (κ2) is 5.22. The van der Waals surface area contributed by atoms with Gasteiger partial charge in [-0.3, -0.25) is 0 Å². The first-order valence-electron chi connectivity index (χ1n) is 6.22. The van der Waals surface area contributed by atoms with E-state index in [1.54, 1.807) is 6.33 Å². The maximum atomic E-state index is 11.3. The Morgan fingerprint density at radius 1 is 1.44 bits per heavy atom. The lowest BCUT2D eigenvalue weighted by molar-refractivity contribution is 0.595. The largest absolute Gasteiger partial charge is 0.370 e. The maximum Gasteiger partial charge on any atom is 0.150 e. The Hall–Kier alpha value is -1.17. The second-order valence-corrected chi connectivity index (χ2v) is 7.36. The van der Waals surface area contributed by atoms with Crippen molar-refractivity contribution in [2.75, 3.05) is 23.4 Å². The van der Waals surface area contributed by atoms with E-state index < -0.39 is 9.84 Å². The lowest BCUT2D eigenvalue weighted by atomic mass is 10.1. The molecule has 1 aromatic rings. The third-order valence-electron chi connectivity index (χ3n) is 3.18. The molecule has 6 heteroatoms. The van der Waals surface area contributed by atoms with Crippen LogP contribution < -0.4 is 5.32 Å². The molecule has 1 saturated heterocycles. The Morgan fingerprint density at radius 2 is 2.22 bits per heavy atom. The third kappa shape index (κ3) is 3.41. The van der Waals surface area contributed by atoms with Crippen molar-refractivity contribution in [3.63, 3.8) is 0 Å². The van der Waals surface area contributed by atoms with Crippen molar-refractivity contribution in [1.29, 1.82) is 0 Å². The van der Waals surface area contributed by atoms with Crippen LogP contribution in [0, 0.1) is 5.92 Å². The number of rotatable bonds is 4. The van der Waals surface area contributed by atoms with Crippen LogP contribution in [0.4, 0.5) is 5.82 Å². The maximum absolute atomic E-state index is 11.3. The van der Waals surface area contributed by atoms with E-state index in [1.807, 2.05) is 6.07 Å². The Morgan fingerprint density at radius 3 is 2.83 bits per heavy atom. The average molecular weight is 269 g/mol. The highest BCUT2D eigenvalue weighted by Gasteiger charge is 2.27. The molecule has 1 unspecified atom stereocenters. The zero-order valence-electron chi connectivity index (χ0n) is 10.8. The van der Waals surface area contributed by atoms with Gasteiger partial charge in [0, 0.05) is 18.3 Å². The van der Waals surface area contributed by atoms with Crippen molar-refractivity contribution >= 4 is 15.7 Å². The molecule has 1 aliphatic heterocycles. The van der Waals surface area contributed by atoms with Crippen molar-refractivity contribution in [2.45, 2.75) is 26.2 Å². The lowest BCUT2D eigenvalue weighted by Crippen LogP contribution is -2.16. The summed E-state index contributed by atoms with van der Waals surface area (Å²) in [4.78, 5) is 8.34. The number of nitrogens with one attached hydrogen (secondary N) is 1. The van der Waals surface area contributed by atoms with E-state index in [0.29, 0.717) is 24.0 Å². The Labute approximate surface area is 108 Å². The number of sulfone groups is 1. The zero-order valence-corrected chi connectivity index (χ0v) is 11.6. The van der Waals surface area contributed by atoms with Gasteiger partial charge in [-0.1, -0.05) is 13.8 Å². The van der Waals surface area contributed by atoms with Gasteiger partial charge in [0.1, 0.15) is 12.1 Å². The summed E-state index contributed by atoms with van der Waals surface area (Å²) < 4.78 is 22.7. The molecule has 1 aromatic heterocycles. The van der Waals surface area contributed by atoms with Crippen LogP contribution >= 0.6 is 0 Å². The second-order valence-electron chi connectivity index (χ2n) is 5.13. The quantitative estimate of drug-likeness (QED) is 0.895. The molecular formula is C12H19N3O2S. The number of hydrogen-bond acceptors (Lipinski definition) is 5. The number of hydrogen-bond donors (Lipinski definition) is 1. The monoisotopic (exact) mass is 269 g/mol. The van der Waals surface area contributed by atoms with Crippen LogP contribution in [0.5, 0.6) is 0 Å². The summed E-state index contributed by atoms with van der Waals surface area (Å²) in [5.74, 6) is 1.95. The molecule has 1 atom stereocenters. The van der Waals surface area contributed by atoms with Crippen molar-refractivity contribution in [1.82, 2.24) is 9.97 Å². The summed E-state index contributed by atoms with van der Waals surface area (Å²) in [5, 5.41) is 3.20. The van der Waals surface area contributed by atoms with Crippen LogP contribution in [0.15, 0.2) is 12.4 Å². The van der Waals surface area contributed by atoms with E-state index in [-0.39, 0.29) is 5.92 Å². The van der Waals surface area contributed by atoms with Gasteiger partial charge in [0.25, 0.3) is 0 Å². The third-order valence-corrected chi connectivity index (χ3v) is 5.02. The van der Waals surface area contributed by atoms with Crippen LogP contribution in [-0.4, -0.2) is 36.4 Å². The van der Waals surface area contributed by atoms with Gasteiger partial charge in [-0.05, 0) is 18.3 Å². The number of nitrogens with zero attached hydrogens (tertiary/aromatic N) is 2. The molecule has 1 N–H and O–H groups in total. The zero-order chi connectivity index (χ0) is 13.2. The highest BCUT2D eigenvalue weighted by molar-refractivity contribution is 7.91. The summed E-state index contributed by atoms with van der Waals surface area (Å²) in [6, 6.07) is 1.92. The van der Waals surface area contributed by atoms with Crippen molar-refractivity contribution in [3.05, 3.63) is 18.1 Å². The van der Waals surface area contributed by atoms with Gasteiger partial charge in [-0.2, -0.15) is 0 Å². The molecule has 0 amide bonds. The first-order valence-corrected chi connectivity index (χ1v) is 8.04. The van der Waals surface area contributed by atoms with Gasteiger partial charge < -0.3 is 5.32 Å². The van der Waals surface area contributed by atoms with Crippen molar-refractivity contribution in [2.24, 2.45) is 5.92 Å². The van der Waals surface area contributed by atoms with Gasteiger partial charge in [0.15, 0.2) is 9.84 Å². The normalized spacial score (nSPS) is 22.3. The Kier molecular flexibility index (Phi) is 3.85. The van der Waals surface area contributed by atoms with Crippen LogP contribution in [0.2, 0.25) is 0 Å². The topological polar surface area (TPSA) is 72.0 Å². The Balaban J connectivity index is 1.93. The molecule has 0 aromatic carbocycles. The molecule has 100 valence electrons. The Bertz CT molecular complexity index is 514. The molecule has 5 nitrogen and oxygen atoms in total.